The molecule has 0 aromatic carbocycles. The molecule has 2 atom stereocenters. The molecule has 0 N–H and O–H groups in total. The summed E-state index contributed by atoms with van der Waals surface area (Å²) >= 11 is 0. The van der Waals surface area contributed by atoms with Crippen LogP contribution in [0.5, 0.6) is 0 Å². The molecule has 0 rings (SSSR count). The van der Waals surface area contributed by atoms with E-state index in [4.69, 9.17) is 9.47 Å². The smallest absolute Gasteiger partial charge is 0.306 e. The second-order valence-electron chi connectivity index (χ2n) is 5.01. The fourth-order valence-electron chi connectivity index (χ4n) is 1.69. The topological polar surface area (TPSA) is 52.6 Å². The number of ether oxygens (including phenoxy) is 2. The van der Waals surface area contributed by atoms with Crippen molar-refractivity contribution in [1.29, 1.82) is 0 Å². The molecule has 0 aromatic heterocycles. The van der Waals surface area contributed by atoms with E-state index in [2.05, 4.69) is 6.58 Å². The molecule has 4 heteroatoms. The summed E-state index contributed by atoms with van der Waals surface area (Å²) in [4.78, 5) is 23.0. The van der Waals surface area contributed by atoms with E-state index in [9.17, 15) is 9.59 Å². The van der Waals surface area contributed by atoms with Crippen LogP contribution >= 0.6 is 0 Å². The van der Waals surface area contributed by atoms with Gasteiger partial charge < -0.3 is 9.47 Å². The van der Waals surface area contributed by atoms with Crippen molar-refractivity contribution in [1.82, 2.24) is 0 Å². The molecule has 110 valence electrons. The van der Waals surface area contributed by atoms with Crippen molar-refractivity contribution in [3.63, 3.8) is 0 Å². The van der Waals surface area contributed by atoms with E-state index in [0.29, 0.717) is 6.42 Å². The molecular weight excluding hydrogens is 244 g/mol. The molecule has 2 unspecified atom stereocenters. The first-order valence-corrected chi connectivity index (χ1v) is 6.90. The number of rotatable bonds is 9. The summed E-state index contributed by atoms with van der Waals surface area (Å²) < 4.78 is 10.4. The first-order chi connectivity index (χ1) is 8.90. The van der Waals surface area contributed by atoms with Crippen molar-refractivity contribution in [3.05, 3.63) is 12.7 Å². The maximum atomic E-state index is 11.6. The Morgan fingerprint density at radius 3 is 2.05 bits per heavy atom. The largest absolute Gasteiger partial charge is 0.462 e. The third kappa shape index (κ3) is 8.41. The molecule has 0 aliphatic heterocycles. The van der Waals surface area contributed by atoms with Crippen LogP contribution in [0.4, 0.5) is 0 Å². The molecule has 0 saturated heterocycles. The molecular formula is C15H26O4. The molecule has 0 amide bonds. The Bertz CT molecular complexity index is 297. The Labute approximate surface area is 116 Å². The summed E-state index contributed by atoms with van der Waals surface area (Å²) in [5, 5.41) is 0. The summed E-state index contributed by atoms with van der Waals surface area (Å²) in [5.41, 5.74) is 0. The van der Waals surface area contributed by atoms with Gasteiger partial charge in [-0.1, -0.05) is 26.8 Å². The number of hydrogen-bond donors (Lipinski definition) is 0. The van der Waals surface area contributed by atoms with Crippen molar-refractivity contribution >= 4 is 11.9 Å². The van der Waals surface area contributed by atoms with Crippen LogP contribution in [-0.4, -0.2) is 24.1 Å². The molecule has 0 aliphatic rings. The van der Waals surface area contributed by atoms with Crippen LogP contribution in [0, 0.1) is 5.92 Å². The van der Waals surface area contributed by atoms with E-state index >= 15 is 0 Å². The normalized spacial score (nSPS) is 13.7. The van der Waals surface area contributed by atoms with Crippen LogP contribution in [0.1, 0.15) is 53.4 Å². The highest BCUT2D eigenvalue weighted by molar-refractivity contribution is 5.77. The number of hydrogen-bond acceptors (Lipinski definition) is 4. The van der Waals surface area contributed by atoms with E-state index in [1.165, 1.54) is 0 Å². The Morgan fingerprint density at radius 1 is 1.11 bits per heavy atom. The van der Waals surface area contributed by atoms with E-state index in [-0.39, 0.29) is 42.9 Å². The SMILES string of the molecule is C=CCC(C)OC(=O)CCC(=O)OC(CC)C(C)C. The van der Waals surface area contributed by atoms with Crippen molar-refractivity contribution < 1.29 is 19.1 Å². The average Bonchev–Trinajstić information content (AvgIpc) is 2.33. The van der Waals surface area contributed by atoms with Gasteiger partial charge in [0.05, 0.1) is 12.8 Å². The zero-order chi connectivity index (χ0) is 14.8. The van der Waals surface area contributed by atoms with E-state index in [1.54, 1.807) is 13.0 Å². The molecule has 4 nitrogen and oxygen atoms in total. The molecule has 19 heavy (non-hydrogen) atoms. The lowest BCUT2D eigenvalue weighted by Crippen LogP contribution is -2.23. The van der Waals surface area contributed by atoms with Gasteiger partial charge in [0.25, 0.3) is 0 Å². The molecule has 0 heterocycles. The summed E-state index contributed by atoms with van der Waals surface area (Å²) in [6.07, 6.45) is 2.95. The number of esters is 2. The fourth-order valence-corrected chi connectivity index (χ4v) is 1.69. The number of carbonyl (C=O) groups excluding carboxylic acids is 2. The standard InChI is InChI=1S/C15H26O4/c1-6-8-12(5)18-14(16)9-10-15(17)19-13(7-2)11(3)4/h6,11-13H,1,7-10H2,2-5H3. The van der Waals surface area contributed by atoms with Crippen LogP contribution in [-0.2, 0) is 19.1 Å². The van der Waals surface area contributed by atoms with Gasteiger partial charge in [0.2, 0.25) is 0 Å². The van der Waals surface area contributed by atoms with Gasteiger partial charge in [0.1, 0.15) is 12.2 Å². The highest BCUT2D eigenvalue weighted by Crippen LogP contribution is 2.12. The second-order valence-corrected chi connectivity index (χ2v) is 5.01. The zero-order valence-electron chi connectivity index (χ0n) is 12.5. The van der Waals surface area contributed by atoms with E-state index < -0.39 is 0 Å². The molecule has 0 spiro atoms. The van der Waals surface area contributed by atoms with Gasteiger partial charge >= 0.3 is 11.9 Å². The van der Waals surface area contributed by atoms with Crippen LogP contribution in [0.3, 0.4) is 0 Å². The van der Waals surface area contributed by atoms with Crippen molar-refractivity contribution in [2.75, 3.05) is 0 Å². The van der Waals surface area contributed by atoms with Gasteiger partial charge in [-0.2, -0.15) is 0 Å². The Balaban J connectivity index is 3.95. The lowest BCUT2D eigenvalue weighted by molar-refractivity contribution is -0.156. The minimum Gasteiger partial charge on any atom is -0.462 e. The van der Waals surface area contributed by atoms with Crippen molar-refractivity contribution in [3.8, 4) is 0 Å². The summed E-state index contributed by atoms with van der Waals surface area (Å²) in [6.45, 7) is 11.4. The summed E-state index contributed by atoms with van der Waals surface area (Å²) in [5.74, 6) is -0.425. The number of carbonyl (C=O) groups is 2. The van der Waals surface area contributed by atoms with Gasteiger partial charge in [0.15, 0.2) is 0 Å². The predicted octanol–water partition coefficient (Wildman–Crippen LogP) is 3.25. The first kappa shape index (κ1) is 17.7. The van der Waals surface area contributed by atoms with E-state index in [1.807, 2.05) is 20.8 Å². The summed E-state index contributed by atoms with van der Waals surface area (Å²) in [7, 11) is 0. The zero-order valence-corrected chi connectivity index (χ0v) is 12.5. The van der Waals surface area contributed by atoms with Gasteiger partial charge in [-0.3, -0.25) is 9.59 Å². The average molecular weight is 270 g/mol. The molecule has 0 aliphatic carbocycles. The monoisotopic (exact) mass is 270 g/mol. The van der Waals surface area contributed by atoms with Crippen molar-refractivity contribution in [2.45, 2.75) is 65.6 Å². The third-order valence-corrected chi connectivity index (χ3v) is 2.79. The Morgan fingerprint density at radius 2 is 1.63 bits per heavy atom. The highest BCUT2D eigenvalue weighted by Gasteiger charge is 2.17. The molecule has 0 saturated carbocycles. The molecule has 0 fully saturated rings. The lowest BCUT2D eigenvalue weighted by atomic mass is 10.1. The minimum absolute atomic E-state index is 0.0643. The maximum absolute atomic E-state index is 11.6. The van der Waals surface area contributed by atoms with Crippen LogP contribution in [0.25, 0.3) is 0 Å². The molecule has 0 bridgehead atoms. The first-order valence-electron chi connectivity index (χ1n) is 6.90. The Kier molecular flexibility index (Phi) is 8.92. The maximum Gasteiger partial charge on any atom is 0.306 e. The third-order valence-electron chi connectivity index (χ3n) is 2.79. The predicted molar refractivity (Wildman–Crippen MR) is 74.6 cm³/mol. The minimum atomic E-state index is -0.371. The molecule has 0 aromatic rings. The quantitative estimate of drug-likeness (QED) is 0.476. The van der Waals surface area contributed by atoms with Crippen LogP contribution < -0.4 is 0 Å². The van der Waals surface area contributed by atoms with Crippen molar-refractivity contribution in [2.24, 2.45) is 5.92 Å². The second kappa shape index (κ2) is 9.59. The van der Waals surface area contributed by atoms with E-state index in [0.717, 1.165) is 6.42 Å². The Hall–Kier alpha value is -1.32. The van der Waals surface area contributed by atoms with Gasteiger partial charge in [-0.25, -0.2) is 0 Å². The van der Waals surface area contributed by atoms with Crippen LogP contribution in [0.15, 0.2) is 12.7 Å². The van der Waals surface area contributed by atoms with Gasteiger partial charge in [0, 0.05) is 6.42 Å². The van der Waals surface area contributed by atoms with Gasteiger partial charge in [-0.05, 0) is 19.3 Å². The fraction of sp³-hybridized carbons (Fsp3) is 0.733. The molecule has 0 radical (unpaired) electrons. The lowest BCUT2D eigenvalue weighted by Gasteiger charge is -2.19. The van der Waals surface area contributed by atoms with Gasteiger partial charge in [-0.15, -0.1) is 6.58 Å². The van der Waals surface area contributed by atoms with Crippen LogP contribution in [0.2, 0.25) is 0 Å². The highest BCUT2D eigenvalue weighted by atomic mass is 16.5. The summed E-state index contributed by atoms with van der Waals surface area (Å²) in [6, 6.07) is 0.